The normalized spacial score (nSPS) is 15.9. The summed E-state index contributed by atoms with van der Waals surface area (Å²) in [5.74, 6) is 0. The van der Waals surface area contributed by atoms with Crippen molar-refractivity contribution in [2.75, 3.05) is 0 Å². The molecule has 0 saturated heterocycles. The summed E-state index contributed by atoms with van der Waals surface area (Å²) in [6.07, 6.45) is 0.628. The van der Waals surface area contributed by atoms with Crippen LogP contribution < -0.4 is 11.0 Å². The highest BCUT2D eigenvalue weighted by Crippen LogP contribution is 2.33. The summed E-state index contributed by atoms with van der Waals surface area (Å²) in [5.41, 5.74) is 8.28. The van der Waals surface area contributed by atoms with Crippen molar-refractivity contribution in [3.05, 3.63) is 105 Å². The SMILES string of the molecule is O=c1[nH]c2ccccc2c(-c2ccccc2)c1C1=NNC(c2ccc(Cl)cc2)C1. The molecule has 0 bridgehead atoms. The van der Waals surface area contributed by atoms with Crippen LogP contribution in [0, 0.1) is 0 Å². The van der Waals surface area contributed by atoms with E-state index in [0.717, 1.165) is 33.3 Å². The first-order valence-corrected chi connectivity index (χ1v) is 9.87. The van der Waals surface area contributed by atoms with Crippen LogP contribution >= 0.6 is 11.6 Å². The third-order valence-corrected chi connectivity index (χ3v) is 5.55. The molecule has 0 aliphatic carbocycles. The molecule has 0 saturated carbocycles. The third kappa shape index (κ3) is 3.22. The van der Waals surface area contributed by atoms with Crippen molar-refractivity contribution >= 4 is 28.2 Å². The second-order valence-corrected chi connectivity index (χ2v) is 7.55. The minimum absolute atomic E-state index is 0.0109. The van der Waals surface area contributed by atoms with Crippen molar-refractivity contribution in [1.82, 2.24) is 10.4 Å². The number of aromatic nitrogens is 1. The molecule has 29 heavy (non-hydrogen) atoms. The number of hydrogen-bond donors (Lipinski definition) is 2. The molecule has 1 unspecified atom stereocenters. The minimum atomic E-state index is -0.125. The van der Waals surface area contributed by atoms with Crippen molar-refractivity contribution < 1.29 is 0 Å². The highest BCUT2D eigenvalue weighted by molar-refractivity contribution is 6.30. The van der Waals surface area contributed by atoms with E-state index in [0.29, 0.717) is 17.0 Å². The van der Waals surface area contributed by atoms with E-state index in [-0.39, 0.29) is 11.6 Å². The molecule has 5 rings (SSSR count). The monoisotopic (exact) mass is 399 g/mol. The van der Waals surface area contributed by atoms with E-state index >= 15 is 0 Å². The van der Waals surface area contributed by atoms with Gasteiger partial charge in [0.15, 0.2) is 0 Å². The maximum atomic E-state index is 13.1. The Balaban J connectivity index is 1.65. The number of pyridine rings is 1. The average molecular weight is 400 g/mol. The van der Waals surface area contributed by atoms with E-state index < -0.39 is 0 Å². The molecule has 0 amide bonds. The van der Waals surface area contributed by atoms with Crippen LogP contribution in [-0.2, 0) is 0 Å². The van der Waals surface area contributed by atoms with Crippen molar-refractivity contribution in [3.8, 4) is 11.1 Å². The summed E-state index contributed by atoms with van der Waals surface area (Å²) in [7, 11) is 0. The number of hydrogen-bond acceptors (Lipinski definition) is 3. The molecule has 1 atom stereocenters. The highest BCUT2D eigenvalue weighted by atomic mass is 35.5. The predicted octanol–water partition coefficient (Wildman–Crippen LogP) is 5.29. The molecule has 0 radical (unpaired) electrons. The summed E-state index contributed by atoms with van der Waals surface area (Å²) < 4.78 is 0. The smallest absolute Gasteiger partial charge is 0.258 e. The molecule has 1 aliphatic rings. The van der Waals surface area contributed by atoms with Gasteiger partial charge in [-0.05, 0) is 29.3 Å². The van der Waals surface area contributed by atoms with E-state index in [9.17, 15) is 4.79 Å². The Morgan fingerprint density at radius 3 is 2.38 bits per heavy atom. The molecule has 0 fully saturated rings. The zero-order chi connectivity index (χ0) is 19.8. The molecule has 1 aliphatic heterocycles. The van der Waals surface area contributed by atoms with Gasteiger partial charge in [0.05, 0.1) is 17.3 Å². The summed E-state index contributed by atoms with van der Waals surface area (Å²) >= 11 is 6.01. The quantitative estimate of drug-likeness (QED) is 0.492. The number of aromatic amines is 1. The number of hydrazone groups is 1. The first kappa shape index (κ1) is 17.7. The Morgan fingerprint density at radius 1 is 0.862 bits per heavy atom. The predicted molar refractivity (Wildman–Crippen MR) is 118 cm³/mol. The van der Waals surface area contributed by atoms with Gasteiger partial charge >= 0.3 is 0 Å². The number of para-hydroxylation sites is 1. The van der Waals surface area contributed by atoms with Gasteiger partial charge in [-0.1, -0.05) is 72.3 Å². The first-order chi connectivity index (χ1) is 14.2. The highest BCUT2D eigenvalue weighted by Gasteiger charge is 2.26. The Bertz CT molecular complexity index is 1280. The van der Waals surface area contributed by atoms with Crippen molar-refractivity contribution in [2.45, 2.75) is 12.5 Å². The molecular weight excluding hydrogens is 382 g/mol. The molecule has 2 N–H and O–H groups in total. The van der Waals surface area contributed by atoms with Gasteiger partial charge < -0.3 is 10.4 Å². The van der Waals surface area contributed by atoms with Crippen LogP contribution in [0.4, 0.5) is 0 Å². The molecule has 1 aromatic heterocycles. The fraction of sp³-hybridized carbons (Fsp3) is 0.0833. The van der Waals surface area contributed by atoms with Gasteiger partial charge in [0, 0.05) is 27.9 Å². The molecule has 3 aromatic carbocycles. The van der Waals surface area contributed by atoms with E-state index in [1.165, 1.54) is 0 Å². The van der Waals surface area contributed by atoms with Gasteiger partial charge in [-0.2, -0.15) is 5.10 Å². The van der Waals surface area contributed by atoms with Crippen LogP contribution in [0.2, 0.25) is 5.02 Å². The molecular formula is C24H18ClN3O. The fourth-order valence-electron chi connectivity index (χ4n) is 3.91. The van der Waals surface area contributed by atoms with E-state index in [2.05, 4.69) is 15.5 Å². The molecule has 4 aromatic rings. The largest absolute Gasteiger partial charge is 0.321 e. The second kappa shape index (κ2) is 7.22. The fourth-order valence-corrected chi connectivity index (χ4v) is 4.04. The number of nitrogens with zero attached hydrogens (tertiary/aromatic N) is 1. The topological polar surface area (TPSA) is 57.2 Å². The van der Waals surface area contributed by atoms with Crippen LogP contribution in [0.25, 0.3) is 22.0 Å². The Hall–Kier alpha value is -3.37. The Kier molecular flexibility index (Phi) is 4.41. The van der Waals surface area contributed by atoms with Gasteiger partial charge in [-0.25, -0.2) is 0 Å². The lowest BCUT2D eigenvalue weighted by Gasteiger charge is -2.13. The zero-order valence-corrected chi connectivity index (χ0v) is 16.3. The zero-order valence-electron chi connectivity index (χ0n) is 15.5. The van der Waals surface area contributed by atoms with E-state index in [4.69, 9.17) is 11.6 Å². The molecule has 5 heteroatoms. The number of nitrogens with one attached hydrogen (secondary N) is 2. The van der Waals surface area contributed by atoms with Crippen molar-refractivity contribution in [1.29, 1.82) is 0 Å². The number of rotatable bonds is 3. The van der Waals surface area contributed by atoms with E-state index in [1.54, 1.807) is 0 Å². The molecule has 2 heterocycles. The summed E-state index contributed by atoms with van der Waals surface area (Å²) in [6.45, 7) is 0. The Morgan fingerprint density at radius 2 is 1.59 bits per heavy atom. The average Bonchev–Trinajstić information content (AvgIpc) is 3.23. The van der Waals surface area contributed by atoms with Crippen molar-refractivity contribution in [3.63, 3.8) is 0 Å². The van der Waals surface area contributed by atoms with Crippen LogP contribution in [0.5, 0.6) is 0 Å². The molecule has 4 nitrogen and oxygen atoms in total. The van der Waals surface area contributed by atoms with Crippen LogP contribution in [0.3, 0.4) is 0 Å². The van der Waals surface area contributed by atoms with E-state index in [1.807, 2.05) is 78.9 Å². The van der Waals surface area contributed by atoms with Crippen LogP contribution in [-0.4, -0.2) is 10.7 Å². The minimum Gasteiger partial charge on any atom is -0.321 e. The van der Waals surface area contributed by atoms with Gasteiger partial charge in [-0.15, -0.1) is 0 Å². The maximum absolute atomic E-state index is 13.1. The molecule has 142 valence electrons. The Labute approximate surface area is 172 Å². The van der Waals surface area contributed by atoms with Gasteiger partial charge in [-0.3, -0.25) is 4.79 Å². The summed E-state index contributed by atoms with van der Waals surface area (Å²) in [4.78, 5) is 16.1. The van der Waals surface area contributed by atoms with Gasteiger partial charge in [0.1, 0.15) is 0 Å². The summed E-state index contributed by atoms with van der Waals surface area (Å²) in [6, 6.07) is 25.6. The van der Waals surface area contributed by atoms with Crippen LogP contribution in [0.1, 0.15) is 23.6 Å². The second-order valence-electron chi connectivity index (χ2n) is 7.11. The number of H-pyrrole nitrogens is 1. The number of halogens is 1. The maximum Gasteiger partial charge on any atom is 0.258 e. The number of fused-ring (bicyclic) bond motifs is 1. The van der Waals surface area contributed by atoms with Gasteiger partial charge in [0.25, 0.3) is 5.56 Å². The lowest BCUT2D eigenvalue weighted by Crippen LogP contribution is -2.20. The lowest BCUT2D eigenvalue weighted by atomic mass is 9.91. The van der Waals surface area contributed by atoms with Crippen molar-refractivity contribution in [2.24, 2.45) is 5.10 Å². The number of benzene rings is 3. The third-order valence-electron chi connectivity index (χ3n) is 5.30. The first-order valence-electron chi connectivity index (χ1n) is 9.49. The lowest BCUT2D eigenvalue weighted by molar-refractivity contribution is 0.620. The van der Waals surface area contributed by atoms with Crippen LogP contribution in [0.15, 0.2) is 88.8 Å². The molecule has 0 spiro atoms. The standard InChI is InChI=1S/C24H18ClN3O/c25-17-12-10-15(11-13-17)20-14-21(28-27-20)23-22(16-6-2-1-3-7-16)18-8-4-5-9-19(18)26-24(23)29/h1-13,20,27H,14H2,(H,26,29). The van der Waals surface area contributed by atoms with Gasteiger partial charge in [0.2, 0.25) is 0 Å². The summed E-state index contributed by atoms with van der Waals surface area (Å²) in [5, 5.41) is 6.26.